The quantitative estimate of drug-likeness (QED) is 0.639. The van der Waals surface area contributed by atoms with Crippen molar-refractivity contribution in [1.29, 1.82) is 0 Å². The van der Waals surface area contributed by atoms with E-state index in [1.165, 1.54) is 11.3 Å². The van der Waals surface area contributed by atoms with Gasteiger partial charge in [-0.25, -0.2) is 0 Å². The van der Waals surface area contributed by atoms with Gasteiger partial charge in [0, 0.05) is 34.9 Å². The Morgan fingerprint density at radius 3 is 2.70 bits per heavy atom. The average molecular weight is 447 g/mol. The fourth-order valence-electron chi connectivity index (χ4n) is 3.34. The maximum Gasteiger partial charge on any atom is 0.289 e. The Balaban J connectivity index is 1.29. The molecule has 2 aromatic heterocycles. The minimum Gasteiger partial charge on any atom is -0.451 e. The van der Waals surface area contributed by atoms with Crippen LogP contribution in [0.2, 0.25) is 0 Å². The van der Waals surface area contributed by atoms with Crippen molar-refractivity contribution in [1.82, 2.24) is 10.2 Å². The molecule has 0 atom stereocenters. The Kier molecular flexibility index (Phi) is 5.31. The Morgan fingerprint density at radius 1 is 1.22 bits per heavy atom. The first-order valence-electron chi connectivity index (χ1n) is 8.90. The summed E-state index contributed by atoms with van der Waals surface area (Å²) >= 11 is 4.79. The van der Waals surface area contributed by atoms with Crippen LogP contribution >= 0.6 is 27.3 Å². The summed E-state index contributed by atoms with van der Waals surface area (Å²) < 4.78 is 6.61. The average Bonchev–Trinajstić information content (AvgIpc) is 3.32. The van der Waals surface area contributed by atoms with Crippen molar-refractivity contribution in [2.24, 2.45) is 5.92 Å². The molecular formula is C20H19BrN2O3S. The van der Waals surface area contributed by atoms with Crippen LogP contribution in [0.15, 0.2) is 50.7 Å². The van der Waals surface area contributed by atoms with Gasteiger partial charge >= 0.3 is 0 Å². The van der Waals surface area contributed by atoms with Gasteiger partial charge in [0.1, 0.15) is 5.58 Å². The van der Waals surface area contributed by atoms with Crippen LogP contribution in [0.25, 0.3) is 11.0 Å². The maximum atomic E-state index is 12.7. The Labute approximate surface area is 169 Å². The normalized spacial score (nSPS) is 15.2. The molecule has 140 valence electrons. The molecule has 5 nitrogen and oxygen atoms in total. The number of likely N-dealkylation sites (tertiary alicyclic amines) is 1. The van der Waals surface area contributed by atoms with Gasteiger partial charge in [-0.3, -0.25) is 9.59 Å². The first kappa shape index (κ1) is 18.3. The third-order valence-electron chi connectivity index (χ3n) is 4.88. The minimum atomic E-state index is -0.0582. The number of furan rings is 1. The van der Waals surface area contributed by atoms with Crippen molar-refractivity contribution in [2.45, 2.75) is 12.8 Å². The SMILES string of the molecule is O=C(NCC1CCN(C(=O)c2cc3ccccc3o2)CC1)c1cc(Br)cs1. The molecule has 0 spiro atoms. The third-order valence-corrected chi connectivity index (χ3v) is 6.57. The molecular weight excluding hydrogens is 428 g/mol. The summed E-state index contributed by atoms with van der Waals surface area (Å²) in [7, 11) is 0. The topological polar surface area (TPSA) is 62.6 Å². The van der Waals surface area contributed by atoms with Crippen LogP contribution < -0.4 is 5.32 Å². The molecule has 1 aliphatic rings. The molecule has 2 amide bonds. The van der Waals surface area contributed by atoms with Crippen LogP contribution in [0, 0.1) is 5.92 Å². The van der Waals surface area contributed by atoms with E-state index in [-0.39, 0.29) is 11.8 Å². The van der Waals surface area contributed by atoms with Gasteiger partial charge in [-0.15, -0.1) is 11.3 Å². The summed E-state index contributed by atoms with van der Waals surface area (Å²) in [5, 5.41) is 5.85. The van der Waals surface area contributed by atoms with Crippen molar-refractivity contribution in [2.75, 3.05) is 19.6 Å². The van der Waals surface area contributed by atoms with Gasteiger partial charge in [0.2, 0.25) is 0 Å². The molecule has 1 fully saturated rings. The van der Waals surface area contributed by atoms with Crippen molar-refractivity contribution in [3.63, 3.8) is 0 Å². The molecule has 1 aromatic carbocycles. The summed E-state index contributed by atoms with van der Waals surface area (Å²) in [6.07, 6.45) is 1.75. The number of para-hydroxylation sites is 1. The number of benzene rings is 1. The molecule has 1 N–H and O–H groups in total. The highest BCUT2D eigenvalue weighted by Crippen LogP contribution is 2.24. The number of rotatable bonds is 4. The standard InChI is InChI=1S/C20H19BrN2O3S/c21-15-10-18(27-12-15)19(24)22-11-13-5-7-23(8-6-13)20(25)17-9-14-3-1-2-4-16(14)26-17/h1-4,9-10,12-13H,5-8,11H2,(H,22,24). The lowest BCUT2D eigenvalue weighted by molar-refractivity contribution is 0.0655. The predicted octanol–water partition coefficient (Wildman–Crippen LogP) is 4.54. The molecule has 0 radical (unpaired) electrons. The number of piperidine rings is 1. The van der Waals surface area contributed by atoms with E-state index in [1.54, 1.807) is 0 Å². The molecule has 27 heavy (non-hydrogen) atoms. The zero-order valence-corrected chi connectivity index (χ0v) is 17.0. The van der Waals surface area contributed by atoms with Crippen LogP contribution in [0.3, 0.4) is 0 Å². The van der Waals surface area contributed by atoms with Gasteiger partial charge in [0.05, 0.1) is 4.88 Å². The highest BCUT2D eigenvalue weighted by Gasteiger charge is 2.26. The van der Waals surface area contributed by atoms with Crippen molar-refractivity contribution >= 4 is 50.1 Å². The van der Waals surface area contributed by atoms with E-state index in [4.69, 9.17) is 4.42 Å². The first-order chi connectivity index (χ1) is 13.1. The van der Waals surface area contributed by atoms with E-state index < -0.39 is 0 Å². The lowest BCUT2D eigenvalue weighted by Crippen LogP contribution is -2.41. The summed E-state index contributed by atoms with van der Waals surface area (Å²) in [6.45, 7) is 2.00. The van der Waals surface area contributed by atoms with Gasteiger partial charge in [-0.05, 0) is 52.9 Å². The molecule has 0 saturated carbocycles. The lowest BCUT2D eigenvalue weighted by atomic mass is 9.96. The van der Waals surface area contributed by atoms with Crippen LogP contribution in [0.1, 0.15) is 33.1 Å². The molecule has 1 aliphatic heterocycles. The molecule has 0 aliphatic carbocycles. The second-order valence-electron chi connectivity index (χ2n) is 6.72. The van der Waals surface area contributed by atoms with E-state index in [0.717, 1.165) is 28.3 Å². The van der Waals surface area contributed by atoms with E-state index in [1.807, 2.05) is 46.7 Å². The van der Waals surface area contributed by atoms with E-state index >= 15 is 0 Å². The number of nitrogens with zero attached hydrogens (tertiary/aromatic N) is 1. The van der Waals surface area contributed by atoms with Gasteiger partial charge in [-0.1, -0.05) is 18.2 Å². The monoisotopic (exact) mass is 446 g/mol. The van der Waals surface area contributed by atoms with Gasteiger partial charge < -0.3 is 14.6 Å². The molecule has 1 saturated heterocycles. The van der Waals surface area contributed by atoms with E-state index in [0.29, 0.717) is 36.2 Å². The number of hydrogen-bond donors (Lipinski definition) is 1. The van der Waals surface area contributed by atoms with Crippen LogP contribution in [-0.4, -0.2) is 36.3 Å². The maximum absolute atomic E-state index is 12.7. The molecule has 0 bridgehead atoms. The molecule has 0 unspecified atom stereocenters. The lowest BCUT2D eigenvalue weighted by Gasteiger charge is -2.31. The number of carbonyl (C=O) groups excluding carboxylic acids is 2. The van der Waals surface area contributed by atoms with Crippen molar-refractivity contribution < 1.29 is 14.0 Å². The Hall–Kier alpha value is -2.12. The van der Waals surface area contributed by atoms with Gasteiger partial charge in [0.25, 0.3) is 11.8 Å². The summed E-state index contributed by atoms with van der Waals surface area (Å²) in [5.41, 5.74) is 0.735. The van der Waals surface area contributed by atoms with Crippen molar-refractivity contribution in [3.05, 3.63) is 56.9 Å². The Morgan fingerprint density at radius 2 is 2.00 bits per heavy atom. The number of nitrogens with one attached hydrogen (secondary N) is 1. The summed E-state index contributed by atoms with van der Waals surface area (Å²) in [6, 6.07) is 11.3. The molecule has 3 aromatic rings. The molecule has 7 heteroatoms. The van der Waals surface area contributed by atoms with Gasteiger partial charge in [-0.2, -0.15) is 0 Å². The number of fused-ring (bicyclic) bond motifs is 1. The Bertz CT molecular complexity index is 939. The van der Waals surface area contributed by atoms with Crippen LogP contribution in [0.4, 0.5) is 0 Å². The second kappa shape index (κ2) is 7.86. The number of carbonyl (C=O) groups is 2. The summed E-state index contributed by atoms with van der Waals surface area (Å²) in [4.78, 5) is 27.4. The van der Waals surface area contributed by atoms with E-state index in [2.05, 4.69) is 21.2 Å². The zero-order chi connectivity index (χ0) is 18.8. The molecule has 3 heterocycles. The second-order valence-corrected chi connectivity index (χ2v) is 8.55. The number of thiophene rings is 1. The zero-order valence-electron chi connectivity index (χ0n) is 14.6. The van der Waals surface area contributed by atoms with Crippen LogP contribution in [0.5, 0.6) is 0 Å². The summed E-state index contributed by atoms with van der Waals surface area (Å²) in [5.74, 6) is 0.687. The van der Waals surface area contributed by atoms with Crippen LogP contribution in [-0.2, 0) is 0 Å². The smallest absolute Gasteiger partial charge is 0.289 e. The number of halogens is 1. The van der Waals surface area contributed by atoms with Crippen molar-refractivity contribution in [3.8, 4) is 0 Å². The highest BCUT2D eigenvalue weighted by atomic mass is 79.9. The highest BCUT2D eigenvalue weighted by molar-refractivity contribution is 9.10. The van der Waals surface area contributed by atoms with E-state index in [9.17, 15) is 9.59 Å². The first-order valence-corrected chi connectivity index (χ1v) is 10.6. The largest absolute Gasteiger partial charge is 0.451 e. The number of hydrogen-bond acceptors (Lipinski definition) is 4. The fourth-order valence-corrected chi connectivity index (χ4v) is 4.68. The number of amides is 2. The van der Waals surface area contributed by atoms with Gasteiger partial charge in [0.15, 0.2) is 5.76 Å². The predicted molar refractivity (Wildman–Crippen MR) is 109 cm³/mol. The fraction of sp³-hybridized carbons (Fsp3) is 0.300. The minimum absolute atomic E-state index is 0.0357. The third kappa shape index (κ3) is 4.09. The molecule has 4 rings (SSSR count).